The van der Waals surface area contributed by atoms with Gasteiger partial charge < -0.3 is 19.5 Å². The summed E-state index contributed by atoms with van der Waals surface area (Å²) in [5.74, 6) is 2.34. The van der Waals surface area contributed by atoms with Crippen molar-refractivity contribution in [3.8, 4) is 17.2 Å². The van der Waals surface area contributed by atoms with Crippen molar-refractivity contribution in [3.63, 3.8) is 0 Å². The van der Waals surface area contributed by atoms with Crippen molar-refractivity contribution in [3.05, 3.63) is 48.5 Å². The highest BCUT2D eigenvalue weighted by Gasteiger charge is 2.09. The number of hydrogen-bond acceptors (Lipinski definition) is 4. The van der Waals surface area contributed by atoms with Crippen LogP contribution in [0.3, 0.4) is 0 Å². The molecule has 0 fully saturated rings. The van der Waals surface area contributed by atoms with E-state index in [9.17, 15) is 0 Å². The number of para-hydroxylation sites is 4. The van der Waals surface area contributed by atoms with Gasteiger partial charge in [0.2, 0.25) is 0 Å². The second kappa shape index (κ2) is 8.17. The van der Waals surface area contributed by atoms with Crippen LogP contribution in [0.15, 0.2) is 48.5 Å². The van der Waals surface area contributed by atoms with Crippen molar-refractivity contribution in [1.29, 1.82) is 0 Å². The summed E-state index contributed by atoms with van der Waals surface area (Å²) < 4.78 is 16.8. The van der Waals surface area contributed by atoms with E-state index >= 15 is 0 Å². The molecule has 1 N–H and O–H groups in total. The number of hydrogen-bond donors (Lipinski definition) is 1. The van der Waals surface area contributed by atoms with Gasteiger partial charge in [-0.15, -0.1) is 0 Å². The average Bonchev–Trinajstić information content (AvgIpc) is 2.55. The molecule has 0 saturated carbocycles. The third kappa shape index (κ3) is 4.32. The molecule has 0 radical (unpaired) electrons. The Balaban J connectivity index is 1.94. The molecule has 0 aliphatic carbocycles. The monoisotopic (exact) mass is 301 g/mol. The summed E-state index contributed by atoms with van der Waals surface area (Å²) >= 11 is 0. The lowest BCUT2D eigenvalue weighted by molar-refractivity contribution is 0.223. The Morgan fingerprint density at radius 1 is 0.955 bits per heavy atom. The molecule has 2 rings (SSSR count). The highest BCUT2D eigenvalue weighted by Crippen LogP contribution is 2.27. The molecule has 2 aromatic carbocycles. The zero-order valence-corrected chi connectivity index (χ0v) is 13.3. The molecule has 0 amide bonds. The molecule has 22 heavy (non-hydrogen) atoms. The van der Waals surface area contributed by atoms with Crippen molar-refractivity contribution < 1.29 is 14.2 Å². The largest absolute Gasteiger partial charge is 0.493 e. The summed E-state index contributed by atoms with van der Waals surface area (Å²) in [7, 11) is 1.64. The summed E-state index contributed by atoms with van der Waals surface area (Å²) in [6, 6.07) is 15.6. The number of rotatable bonds is 8. The van der Waals surface area contributed by atoms with Crippen molar-refractivity contribution in [2.45, 2.75) is 20.0 Å². The molecular formula is C18H23NO3. The van der Waals surface area contributed by atoms with E-state index in [1.54, 1.807) is 7.11 Å². The summed E-state index contributed by atoms with van der Waals surface area (Å²) in [5.41, 5.74) is 0.972. The highest BCUT2D eigenvalue weighted by molar-refractivity contribution is 5.56. The molecule has 0 heterocycles. The first kappa shape index (κ1) is 16.0. The van der Waals surface area contributed by atoms with E-state index in [1.807, 2.05) is 62.4 Å². The normalized spacial score (nSPS) is 11.6. The van der Waals surface area contributed by atoms with Crippen LogP contribution in [0.25, 0.3) is 0 Å². The summed E-state index contributed by atoms with van der Waals surface area (Å²) in [5, 5.41) is 3.36. The van der Waals surface area contributed by atoms with Crippen LogP contribution in [0.4, 0.5) is 5.69 Å². The molecule has 0 aliphatic heterocycles. The van der Waals surface area contributed by atoms with Crippen LogP contribution < -0.4 is 19.5 Å². The Bertz CT molecular complexity index is 586. The molecule has 0 bridgehead atoms. The predicted molar refractivity (Wildman–Crippen MR) is 89.2 cm³/mol. The predicted octanol–water partition coefficient (Wildman–Crippen LogP) is 3.97. The van der Waals surface area contributed by atoms with Gasteiger partial charge in [-0.25, -0.2) is 0 Å². The van der Waals surface area contributed by atoms with Gasteiger partial charge >= 0.3 is 0 Å². The van der Waals surface area contributed by atoms with E-state index < -0.39 is 0 Å². The smallest absolute Gasteiger partial charge is 0.161 e. The van der Waals surface area contributed by atoms with Crippen molar-refractivity contribution in [2.24, 2.45) is 0 Å². The van der Waals surface area contributed by atoms with Crippen LogP contribution in [-0.4, -0.2) is 26.4 Å². The topological polar surface area (TPSA) is 39.7 Å². The van der Waals surface area contributed by atoms with Gasteiger partial charge in [0.1, 0.15) is 11.9 Å². The summed E-state index contributed by atoms with van der Waals surface area (Å²) in [4.78, 5) is 0. The summed E-state index contributed by atoms with van der Waals surface area (Å²) in [6.07, 6.45) is -0.00835. The van der Waals surface area contributed by atoms with Crippen LogP contribution in [0.2, 0.25) is 0 Å². The molecule has 0 spiro atoms. The van der Waals surface area contributed by atoms with Gasteiger partial charge in [-0.2, -0.15) is 0 Å². The molecule has 0 saturated heterocycles. The Morgan fingerprint density at radius 2 is 1.59 bits per heavy atom. The van der Waals surface area contributed by atoms with Gasteiger partial charge in [-0.1, -0.05) is 24.3 Å². The highest BCUT2D eigenvalue weighted by atomic mass is 16.5. The van der Waals surface area contributed by atoms with Gasteiger partial charge in [0.05, 0.1) is 25.9 Å². The number of benzene rings is 2. The molecule has 0 aromatic heterocycles. The minimum Gasteiger partial charge on any atom is -0.493 e. The molecule has 118 valence electrons. The molecule has 2 aromatic rings. The standard InChI is InChI=1S/C18H23NO3/c1-4-21-16-10-6-5-9-15(16)19-13-14(2)22-18-12-8-7-11-17(18)20-3/h5-12,14,19H,4,13H2,1-3H3. The molecule has 4 heteroatoms. The SMILES string of the molecule is CCOc1ccccc1NCC(C)Oc1ccccc1OC. The average molecular weight is 301 g/mol. The first-order valence-corrected chi connectivity index (χ1v) is 7.50. The van der Waals surface area contributed by atoms with Crippen molar-refractivity contribution in [2.75, 3.05) is 25.6 Å². The van der Waals surface area contributed by atoms with Crippen LogP contribution in [-0.2, 0) is 0 Å². The lowest BCUT2D eigenvalue weighted by Crippen LogP contribution is -2.23. The van der Waals surface area contributed by atoms with E-state index in [0.29, 0.717) is 13.2 Å². The van der Waals surface area contributed by atoms with Gasteiger partial charge in [0, 0.05) is 0 Å². The maximum Gasteiger partial charge on any atom is 0.161 e. The Kier molecular flexibility index (Phi) is 5.95. The fraction of sp³-hybridized carbons (Fsp3) is 0.333. The van der Waals surface area contributed by atoms with Crippen molar-refractivity contribution >= 4 is 5.69 Å². The first-order chi connectivity index (χ1) is 10.7. The van der Waals surface area contributed by atoms with Crippen molar-refractivity contribution in [1.82, 2.24) is 0 Å². The third-order valence-corrected chi connectivity index (χ3v) is 3.16. The fourth-order valence-electron chi connectivity index (χ4n) is 2.12. The van der Waals surface area contributed by atoms with Gasteiger partial charge in [-0.3, -0.25) is 0 Å². The van der Waals surface area contributed by atoms with E-state index in [2.05, 4.69) is 5.32 Å². The van der Waals surface area contributed by atoms with Gasteiger partial charge in [0.25, 0.3) is 0 Å². The van der Waals surface area contributed by atoms with E-state index in [4.69, 9.17) is 14.2 Å². The van der Waals surface area contributed by atoms with E-state index in [-0.39, 0.29) is 6.10 Å². The number of methoxy groups -OCH3 is 1. The van der Waals surface area contributed by atoms with Crippen LogP contribution in [0.5, 0.6) is 17.2 Å². The fourth-order valence-corrected chi connectivity index (χ4v) is 2.12. The second-order valence-corrected chi connectivity index (χ2v) is 4.89. The van der Waals surface area contributed by atoms with Gasteiger partial charge in [0.15, 0.2) is 11.5 Å². The minimum absolute atomic E-state index is 0.00835. The van der Waals surface area contributed by atoms with Gasteiger partial charge in [-0.05, 0) is 38.1 Å². The van der Waals surface area contributed by atoms with E-state index in [0.717, 1.165) is 22.9 Å². The quantitative estimate of drug-likeness (QED) is 0.801. The first-order valence-electron chi connectivity index (χ1n) is 7.50. The maximum absolute atomic E-state index is 5.93. The lowest BCUT2D eigenvalue weighted by atomic mass is 10.2. The van der Waals surface area contributed by atoms with Crippen LogP contribution in [0.1, 0.15) is 13.8 Å². The zero-order chi connectivity index (χ0) is 15.8. The third-order valence-electron chi connectivity index (χ3n) is 3.16. The number of ether oxygens (including phenoxy) is 3. The van der Waals surface area contributed by atoms with Crippen LogP contribution >= 0.6 is 0 Å². The molecule has 0 aliphatic rings. The molecule has 4 nitrogen and oxygen atoms in total. The maximum atomic E-state index is 5.93. The van der Waals surface area contributed by atoms with Crippen LogP contribution in [0, 0.1) is 0 Å². The Morgan fingerprint density at radius 3 is 2.27 bits per heavy atom. The number of nitrogens with one attached hydrogen (secondary N) is 1. The second-order valence-electron chi connectivity index (χ2n) is 4.89. The number of anilines is 1. The minimum atomic E-state index is -0.00835. The Labute approximate surface area is 132 Å². The zero-order valence-electron chi connectivity index (χ0n) is 13.3. The Hall–Kier alpha value is -2.36. The molecule has 1 unspecified atom stereocenters. The molecule has 1 atom stereocenters. The summed E-state index contributed by atoms with van der Waals surface area (Å²) in [6.45, 7) is 5.31. The molecular weight excluding hydrogens is 278 g/mol. The lowest BCUT2D eigenvalue weighted by Gasteiger charge is -2.19. The van der Waals surface area contributed by atoms with E-state index in [1.165, 1.54) is 0 Å².